The van der Waals surface area contributed by atoms with Gasteiger partial charge in [0, 0.05) is 10.9 Å². The number of carbonyl (C=O) groups is 1. The Balaban J connectivity index is 1.92. The first-order valence-electron chi connectivity index (χ1n) is 10.1. The number of allylic oxidation sites excluding steroid dienone is 2. The maximum Gasteiger partial charge on any atom is 0.312 e. The van der Waals surface area contributed by atoms with Gasteiger partial charge < -0.3 is 10.1 Å². The van der Waals surface area contributed by atoms with E-state index in [1.807, 2.05) is 73.0 Å². The lowest BCUT2D eigenvalue weighted by molar-refractivity contribution is -0.434. The Morgan fingerprint density at radius 3 is 2.38 bits per heavy atom. The molecule has 1 aliphatic rings. The Labute approximate surface area is 189 Å². The fourth-order valence-electron chi connectivity index (χ4n) is 4.47. The van der Waals surface area contributed by atoms with Gasteiger partial charge in [0.25, 0.3) is 5.70 Å². The van der Waals surface area contributed by atoms with E-state index in [9.17, 15) is 14.9 Å². The predicted octanol–water partition coefficient (Wildman–Crippen LogP) is 4.71. The molecule has 1 N–H and O–H groups in total. The van der Waals surface area contributed by atoms with E-state index in [4.69, 9.17) is 9.72 Å². The van der Waals surface area contributed by atoms with Gasteiger partial charge in [0.15, 0.2) is 0 Å². The number of nitro groups is 1. The number of esters is 1. The highest BCUT2D eigenvalue weighted by Gasteiger charge is 2.56. The maximum atomic E-state index is 13.2. The first-order valence-corrected chi connectivity index (χ1v) is 11.0. The van der Waals surface area contributed by atoms with Crippen LogP contribution in [0.15, 0.2) is 77.4 Å². The lowest BCUT2D eigenvalue weighted by atomic mass is 9.69. The zero-order valence-corrected chi connectivity index (χ0v) is 18.8. The van der Waals surface area contributed by atoms with Crippen LogP contribution >= 0.6 is 11.3 Å². The molecule has 3 aromatic rings. The molecule has 3 atom stereocenters. The van der Waals surface area contributed by atoms with E-state index in [0.717, 1.165) is 16.8 Å². The predicted molar refractivity (Wildman–Crippen MR) is 122 cm³/mol. The number of benzene rings is 2. The van der Waals surface area contributed by atoms with Crippen molar-refractivity contribution in [1.29, 1.82) is 0 Å². The maximum absolute atomic E-state index is 13.2. The summed E-state index contributed by atoms with van der Waals surface area (Å²) in [5, 5.41) is 17.8. The third kappa shape index (κ3) is 3.67. The van der Waals surface area contributed by atoms with Crippen molar-refractivity contribution < 1.29 is 14.5 Å². The van der Waals surface area contributed by atoms with Crippen molar-refractivity contribution >= 4 is 17.3 Å². The largest absolute Gasteiger partial charge is 0.469 e. The molecule has 3 unspecified atom stereocenters. The Morgan fingerprint density at radius 2 is 1.78 bits per heavy atom. The minimum Gasteiger partial charge on any atom is -0.469 e. The molecule has 0 radical (unpaired) electrons. The number of hydrogen-bond acceptors (Lipinski definition) is 7. The molecular formula is C24H23N3O4S. The summed E-state index contributed by atoms with van der Waals surface area (Å²) in [6.45, 7) is 3.55. The van der Waals surface area contributed by atoms with Gasteiger partial charge >= 0.3 is 5.97 Å². The fourth-order valence-corrected chi connectivity index (χ4v) is 5.44. The lowest BCUT2D eigenvalue weighted by Gasteiger charge is -2.44. The van der Waals surface area contributed by atoms with E-state index in [0.29, 0.717) is 10.7 Å². The van der Waals surface area contributed by atoms with Crippen molar-refractivity contribution in [3.05, 3.63) is 98.1 Å². The summed E-state index contributed by atoms with van der Waals surface area (Å²) in [6.07, 6.45) is 0. The number of methoxy groups -OCH3 is 1. The topological polar surface area (TPSA) is 94.4 Å². The van der Waals surface area contributed by atoms with Gasteiger partial charge in [-0.15, -0.1) is 11.3 Å². The molecule has 0 bridgehead atoms. The standard InChI is InChI=1S/C24H23N3O4S/c1-15-21(27(29)30)19(22-25-18(14-32-22)16-10-6-4-7-11-16)20(23(28)31-3)24(2,26-15)17-12-8-5-9-13-17/h4-14,19-20,26H,1-3H3. The second kappa shape index (κ2) is 8.55. The summed E-state index contributed by atoms with van der Waals surface area (Å²) in [5.41, 5.74) is 1.87. The fraction of sp³-hybridized carbons (Fsp3) is 0.250. The Morgan fingerprint density at radius 1 is 1.16 bits per heavy atom. The molecule has 0 fully saturated rings. The molecule has 8 heteroatoms. The van der Waals surface area contributed by atoms with Crippen LogP contribution in [0.2, 0.25) is 0 Å². The van der Waals surface area contributed by atoms with E-state index in [1.54, 1.807) is 6.92 Å². The molecule has 0 saturated heterocycles. The molecule has 1 aliphatic heterocycles. The van der Waals surface area contributed by atoms with Crippen LogP contribution in [0.4, 0.5) is 0 Å². The average molecular weight is 450 g/mol. The molecule has 0 saturated carbocycles. The third-order valence-corrected chi connectivity index (χ3v) is 6.89. The normalized spacial score (nSPS) is 22.8. The van der Waals surface area contributed by atoms with Crippen LogP contribution in [-0.2, 0) is 15.1 Å². The highest BCUT2D eigenvalue weighted by molar-refractivity contribution is 7.10. The Bertz CT molecular complexity index is 1180. The third-order valence-electron chi connectivity index (χ3n) is 5.96. The summed E-state index contributed by atoms with van der Waals surface area (Å²) in [6, 6.07) is 19.1. The van der Waals surface area contributed by atoms with E-state index in [1.165, 1.54) is 18.4 Å². The molecule has 2 heterocycles. The summed E-state index contributed by atoms with van der Waals surface area (Å²) in [7, 11) is 1.30. The van der Waals surface area contributed by atoms with E-state index in [-0.39, 0.29) is 5.70 Å². The quantitative estimate of drug-likeness (QED) is 0.344. The molecule has 32 heavy (non-hydrogen) atoms. The number of hydrogen-bond donors (Lipinski definition) is 1. The molecule has 7 nitrogen and oxygen atoms in total. The van der Waals surface area contributed by atoms with Crippen molar-refractivity contribution in [2.45, 2.75) is 25.3 Å². The van der Waals surface area contributed by atoms with Crippen LogP contribution < -0.4 is 5.32 Å². The van der Waals surface area contributed by atoms with Crippen LogP contribution in [0.5, 0.6) is 0 Å². The molecular weight excluding hydrogens is 426 g/mol. The number of aromatic nitrogens is 1. The van der Waals surface area contributed by atoms with Crippen molar-refractivity contribution in [2.24, 2.45) is 5.92 Å². The van der Waals surface area contributed by atoms with E-state index >= 15 is 0 Å². The molecule has 0 aliphatic carbocycles. The molecule has 0 spiro atoms. The Kier molecular flexibility index (Phi) is 5.80. The first-order chi connectivity index (χ1) is 15.4. The SMILES string of the molecule is COC(=O)C1C(c2nc(-c3ccccc3)cs2)C([N+](=O)[O-])=C(C)NC1(C)c1ccccc1. The smallest absolute Gasteiger partial charge is 0.312 e. The molecule has 0 amide bonds. The highest BCUT2D eigenvalue weighted by Crippen LogP contribution is 2.49. The first kappa shape index (κ1) is 21.7. The van der Waals surface area contributed by atoms with Crippen molar-refractivity contribution in [3.8, 4) is 11.3 Å². The van der Waals surface area contributed by atoms with Crippen molar-refractivity contribution in [3.63, 3.8) is 0 Å². The minimum atomic E-state index is -0.929. The zero-order valence-electron chi connectivity index (χ0n) is 17.9. The van der Waals surface area contributed by atoms with Gasteiger partial charge in [-0.2, -0.15) is 0 Å². The Hall–Kier alpha value is -3.52. The van der Waals surface area contributed by atoms with Crippen molar-refractivity contribution in [2.75, 3.05) is 7.11 Å². The average Bonchev–Trinajstić information content (AvgIpc) is 3.29. The van der Waals surface area contributed by atoms with Crippen molar-refractivity contribution in [1.82, 2.24) is 10.3 Å². The van der Waals surface area contributed by atoms with Crippen LogP contribution in [0, 0.1) is 16.0 Å². The van der Waals surface area contributed by atoms with Gasteiger partial charge in [-0.1, -0.05) is 60.7 Å². The van der Waals surface area contributed by atoms with Gasteiger partial charge in [0.1, 0.15) is 16.8 Å². The van der Waals surface area contributed by atoms with Gasteiger partial charge in [-0.3, -0.25) is 14.9 Å². The monoisotopic (exact) mass is 449 g/mol. The summed E-state index contributed by atoms with van der Waals surface area (Å²) >= 11 is 1.32. The highest BCUT2D eigenvalue weighted by atomic mass is 32.1. The van der Waals surface area contributed by atoms with E-state index in [2.05, 4.69) is 5.32 Å². The van der Waals surface area contributed by atoms with Crippen LogP contribution in [-0.4, -0.2) is 23.0 Å². The number of rotatable bonds is 5. The van der Waals surface area contributed by atoms with Crippen LogP contribution in [0.1, 0.15) is 30.3 Å². The zero-order chi connectivity index (χ0) is 22.9. The minimum absolute atomic E-state index is 0.0669. The number of nitrogens with one attached hydrogen (secondary N) is 1. The molecule has 164 valence electrons. The second-order valence-corrected chi connectivity index (χ2v) is 8.77. The van der Waals surface area contributed by atoms with Gasteiger partial charge in [-0.05, 0) is 19.4 Å². The number of carbonyl (C=O) groups excluding carboxylic acids is 1. The summed E-state index contributed by atoms with van der Waals surface area (Å²) < 4.78 is 5.17. The number of nitrogens with zero attached hydrogens (tertiary/aromatic N) is 2. The van der Waals surface area contributed by atoms with Crippen LogP contribution in [0.3, 0.4) is 0 Å². The molecule has 1 aromatic heterocycles. The van der Waals surface area contributed by atoms with Gasteiger partial charge in [0.05, 0.1) is 29.0 Å². The molecule has 4 rings (SSSR count). The van der Waals surface area contributed by atoms with Crippen LogP contribution in [0.25, 0.3) is 11.3 Å². The summed E-state index contributed by atoms with van der Waals surface area (Å²) in [5.74, 6) is -2.29. The molecule has 2 aromatic carbocycles. The second-order valence-electron chi connectivity index (χ2n) is 7.88. The van der Waals surface area contributed by atoms with Gasteiger partial charge in [0.2, 0.25) is 0 Å². The number of ether oxygens (including phenoxy) is 1. The number of thiazole rings is 1. The summed E-state index contributed by atoms with van der Waals surface area (Å²) in [4.78, 5) is 29.6. The lowest BCUT2D eigenvalue weighted by Crippen LogP contribution is -2.55. The van der Waals surface area contributed by atoms with E-state index < -0.39 is 28.3 Å². The van der Waals surface area contributed by atoms with Gasteiger partial charge in [-0.25, -0.2) is 4.98 Å².